The molecule has 3 N–H and O–H groups in total. The number of nitro benzene ring substituents is 1. The largest absolute Gasteiger partial charge is 0.478 e. The standard InChI is InChI=1S/C16H17N3O4.ClH/c20-16(21)15-4-2-1-3-12(15)11-17-9-10-18-13-5-7-14(8-6-13)19(22)23;/h1-8,17-18H,9-11H2,(H,20,21);1H. The van der Waals surface area contributed by atoms with Crippen LogP contribution in [0.1, 0.15) is 15.9 Å². The predicted octanol–water partition coefficient (Wildman–Crippen LogP) is 2.92. The molecule has 0 radical (unpaired) electrons. The number of carboxylic acids is 1. The van der Waals surface area contributed by atoms with E-state index in [9.17, 15) is 14.9 Å². The summed E-state index contributed by atoms with van der Waals surface area (Å²) in [6.45, 7) is 1.71. The maximum absolute atomic E-state index is 11.1. The van der Waals surface area contributed by atoms with Crippen molar-refractivity contribution in [3.05, 3.63) is 69.8 Å². The number of anilines is 1. The molecule has 0 unspecified atom stereocenters. The lowest BCUT2D eigenvalue weighted by Gasteiger charge is -2.09. The average Bonchev–Trinajstić information content (AvgIpc) is 2.55. The zero-order valence-corrected chi connectivity index (χ0v) is 13.6. The van der Waals surface area contributed by atoms with Gasteiger partial charge in [-0.25, -0.2) is 4.79 Å². The van der Waals surface area contributed by atoms with Crippen LogP contribution in [-0.4, -0.2) is 29.1 Å². The lowest BCUT2D eigenvalue weighted by atomic mass is 10.1. The zero-order chi connectivity index (χ0) is 16.7. The number of nitro groups is 1. The number of carboxylic acid groups (broad SMARTS) is 1. The predicted molar refractivity (Wildman–Crippen MR) is 93.9 cm³/mol. The summed E-state index contributed by atoms with van der Waals surface area (Å²) in [5.41, 5.74) is 1.88. The lowest BCUT2D eigenvalue weighted by molar-refractivity contribution is -0.384. The van der Waals surface area contributed by atoms with Gasteiger partial charge in [0, 0.05) is 37.5 Å². The minimum Gasteiger partial charge on any atom is -0.478 e. The summed E-state index contributed by atoms with van der Waals surface area (Å²) in [4.78, 5) is 21.2. The molecule has 8 heteroatoms. The Kier molecular flexibility index (Phi) is 7.67. The van der Waals surface area contributed by atoms with E-state index in [4.69, 9.17) is 5.11 Å². The molecule has 2 rings (SSSR count). The van der Waals surface area contributed by atoms with Gasteiger partial charge in [0.05, 0.1) is 10.5 Å². The Hall–Kier alpha value is -2.64. The van der Waals surface area contributed by atoms with Crippen LogP contribution in [0.3, 0.4) is 0 Å². The Bertz CT molecular complexity index is 692. The van der Waals surface area contributed by atoms with Crippen molar-refractivity contribution in [3.8, 4) is 0 Å². The molecular weight excluding hydrogens is 334 g/mol. The van der Waals surface area contributed by atoms with Gasteiger partial charge in [-0.15, -0.1) is 12.4 Å². The highest BCUT2D eigenvalue weighted by molar-refractivity contribution is 5.89. The van der Waals surface area contributed by atoms with Crippen molar-refractivity contribution in [3.63, 3.8) is 0 Å². The number of hydrogen-bond acceptors (Lipinski definition) is 5. The molecule has 0 atom stereocenters. The zero-order valence-electron chi connectivity index (χ0n) is 12.8. The molecular formula is C16H18ClN3O4. The van der Waals surface area contributed by atoms with Gasteiger partial charge in [0.2, 0.25) is 0 Å². The van der Waals surface area contributed by atoms with Gasteiger partial charge >= 0.3 is 5.97 Å². The van der Waals surface area contributed by atoms with Crippen LogP contribution in [0, 0.1) is 10.1 Å². The van der Waals surface area contributed by atoms with Crippen molar-refractivity contribution >= 4 is 29.8 Å². The molecule has 0 aliphatic rings. The highest BCUT2D eigenvalue weighted by Crippen LogP contribution is 2.15. The van der Waals surface area contributed by atoms with Crippen LogP contribution in [0.4, 0.5) is 11.4 Å². The molecule has 0 amide bonds. The van der Waals surface area contributed by atoms with Crippen LogP contribution in [0.2, 0.25) is 0 Å². The van der Waals surface area contributed by atoms with Gasteiger partial charge in [0.15, 0.2) is 0 Å². The first-order chi connectivity index (χ1) is 11.1. The second-order valence-corrected chi connectivity index (χ2v) is 4.87. The first-order valence-electron chi connectivity index (χ1n) is 7.08. The first kappa shape index (κ1) is 19.4. The highest BCUT2D eigenvalue weighted by atomic mass is 35.5. The summed E-state index contributed by atoms with van der Waals surface area (Å²) < 4.78 is 0. The third kappa shape index (κ3) is 5.53. The molecule has 0 heterocycles. The molecule has 128 valence electrons. The maximum Gasteiger partial charge on any atom is 0.336 e. The molecule has 0 spiro atoms. The molecule has 7 nitrogen and oxygen atoms in total. The minimum atomic E-state index is -0.939. The molecule has 0 bridgehead atoms. The van der Waals surface area contributed by atoms with Gasteiger partial charge < -0.3 is 15.7 Å². The Morgan fingerprint density at radius 2 is 1.75 bits per heavy atom. The van der Waals surface area contributed by atoms with Gasteiger partial charge in [-0.1, -0.05) is 18.2 Å². The maximum atomic E-state index is 11.1. The van der Waals surface area contributed by atoms with Crippen molar-refractivity contribution in [1.29, 1.82) is 0 Å². The Morgan fingerprint density at radius 3 is 2.38 bits per heavy atom. The summed E-state index contributed by atoms with van der Waals surface area (Å²) >= 11 is 0. The van der Waals surface area contributed by atoms with Crippen LogP contribution in [0.5, 0.6) is 0 Å². The normalized spacial score (nSPS) is 9.83. The van der Waals surface area contributed by atoms with E-state index in [0.717, 1.165) is 11.3 Å². The fourth-order valence-electron chi connectivity index (χ4n) is 2.10. The van der Waals surface area contributed by atoms with E-state index >= 15 is 0 Å². The highest BCUT2D eigenvalue weighted by Gasteiger charge is 2.08. The Balaban J connectivity index is 0.00000288. The lowest BCUT2D eigenvalue weighted by Crippen LogP contribution is -2.22. The van der Waals surface area contributed by atoms with Crippen molar-refractivity contribution in [1.82, 2.24) is 5.32 Å². The number of hydrogen-bond donors (Lipinski definition) is 3. The topological polar surface area (TPSA) is 104 Å². The van der Waals surface area contributed by atoms with Gasteiger partial charge in [-0.3, -0.25) is 10.1 Å². The number of carbonyl (C=O) groups is 1. The van der Waals surface area contributed by atoms with Crippen molar-refractivity contribution in [2.24, 2.45) is 0 Å². The molecule has 0 fully saturated rings. The summed E-state index contributed by atoms with van der Waals surface area (Å²) in [6, 6.07) is 13.0. The van der Waals surface area contributed by atoms with Crippen LogP contribution < -0.4 is 10.6 Å². The van der Waals surface area contributed by atoms with Crippen molar-refractivity contribution < 1.29 is 14.8 Å². The van der Waals surface area contributed by atoms with Crippen LogP contribution >= 0.6 is 12.4 Å². The second-order valence-electron chi connectivity index (χ2n) is 4.87. The molecule has 2 aromatic carbocycles. The van der Waals surface area contributed by atoms with E-state index in [0.29, 0.717) is 25.2 Å². The fraction of sp³-hybridized carbons (Fsp3) is 0.188. The number of aromatic carboxylic acids is 1. The number of benzene rings is 2. The van der Waals surface area contributed by atoms with Crippen LogP contribution in [0.25, 0.3) is 0 Å². The second kappa shape index (κ2) is 9.49. The smallest absolute Gasteiger partial charge is 0.336 e. The van der Waals surface area contributed by atoms with Crippen molar-refractivity contribution in [2.75, 3.05) is 18.4 Å². The summed E-state index contributed by atoms with van der Waals surface area (Å²) in [5, 5.41) is 25.9. The Labute approximate surface area is 145 Å². The number of rotatable bonds is 8. The third-order valence-corrected chi connectivity index (χ3v) is 3.27. The molecule has 2 aromatic rings. The monoisotopic (exact) mass is 351 g/mol. The minimum absolute atomic E-state index is 0. The summed E-state index contributed by atoms with van der Waals surface area (Å²) in [7, 11) is 0. The van der Waals surface area contributed by atoms with E-state index in [1.54, 1.807) is 36.4 Å². The fourth-order valence-corrected chi connectivity index (χ4v) is 2.10. The molecule has 24 heavy (non-hydrogen) atoms. The number of non-ortho nitro benzene ring substituents is 1. The van der Waals surface area contributed by atoms with E-state index in [-0.39, 0.29) is 18.1 Å². The average molecular weight is 352 g/mol. The van der Waals surface area contributed by atoms with Gasteiger partial charge in [-0.05, 0) is 23.8 Å². The number of nitrogens with one attached hydrogen (secondary N) is 2. The summed E-state index contributed by atoms with van der Waals surface area (Å²) in [5.74, 6) is -0.939. The van der Waals surface area contributed by atoms with Crippen molar-refractivity contribution in [2.45, 2.75) is 6.54 Å². The van der Waals surface area contributed by atoms with Crippen LogP contribution in [-0.2, 0) is 6.54 Å². The van der Waals surface area contributed by atoms with E-state index in [1.807, 2.05) is 0 Å². The first-order valence-corrected chi connectivity index (χ1v) is 7.08. The molecule has 0 aromatic heterocycles. The molecule has 0 aliphatic heterocycles. The van der Waals surface area contributed by atoms with E-state index in [1.165, 1.54) is 12.1 Å². The number of nitrogens with zero attached hydrogens (tertiary/aromatic N) is 1. The van der Waals surface area contributed by atoms with Gasteiger partial charge in [0.1, 0.15) is 0 Å². The quantitative estimate of drug-likeness (QED) is 0.383. The SMILES string of the molecule is Cl.O=C(O)c1ccccc1CNCCNc1ccc([N+](=O)[O-])cc1. The molecule has 0 aliphatic carbocycles. The molecule has 0 saturated heterocycles. The van der Waals surface area contributed by atoms with E-state index < -0.39 is 10.9 Å². The Morgan fingerprint density at radius 1 is 1.08 bits per heavy atom. The van der Waals surface area contributed by atoms with Gasteiger partial charge in [-0.2, -0.15) is 0 Å². The van der Waals surface area contributed by atoms with Gasteiger partial charge in [0.25, 0.3) is 5.69 Å². The third-order valence-electron chi connectivity index (χ3n) is 3.27. The van der Waals surface area contributed by atoms with Crippen LogP contribution in [0.15, 0.2) is 48.5 Å². The number of halogens is 1. The van der Waals surface area contributed by atoms with E-state index in [2.05, 4.69) is 10.6 Å². The summed E-state index contributed by atoms with van der Waals surface area (Å²) in [6.07, 6.45) is 0. The molecule has 0 saturated carbocycles.